The molecule has 2 aromatic heterocycles. The fourth-order valence-electron chi connectivity index (χ4n) is 4.08. The highest BCUT2D eigenvalue weighted by molar-refractivity contribution is 8.27. The average molecular weight is 521 g/mol. The van der Waals surface area contributed by atoms with E-state index in [4.69, 9.17) is 26.5 Å². The normalized spacial score (nSPS) is 16.2. The van der Waals surface area contributed by atoms with Crippen molar-refractivity contribution < 1.29 is 14.3 Å². The Balaban J connectivity index is 1.54. The van der Waals surface area contributed by atoms with Crippen molar-refractivity contribution in [2.24, 2.45) is 10.1 Å². The zero-order valence-corrected chi connectivity index (χ0v) is 21.4. The molecule has 5 rings (SSSR count). The number of rotatable bonds is 5. The number of carbonyl (C=O) groups is 1. The van der Waals surface area contributed by atoms with Crippen LogP contribution in [0.25, 0.3) is 11.8 Å². The summed E-state index contributed by atoms with van der Waals surface area (Å²) in [5, 5.41) is 16.0. The number of aromatic nitrogens is 2. The van der Waals surface area contributed by atoms with Crippen LogP contribution in [-0.4, -0.2) is 50.7 Å². The second-order valence-electron chi connectivity index (χ2n) is 7.99. The molecule has 0 bridgehead atoms. The molecule has 4 heterocycles. The van der Waals surface area contributed by atoms with Crippen LogP contribution in [0.1, 0.15) is 22.5 Å². The van der Waals surface area contributed by atoms with Gasteiger partial charge in [-0.25, -0.2) is 0 Å². The Morgan fingerprint density at radius 3 is 2.61 bits per heavy atom. The minimum absolute atomic E-state index is 0.0359. The van der Waals surface area contributed by atoms with Crippen LogP contribution >= 0.6 is 23.4 Å². The van der Waals surface area contributed by atoms with Crippen molar-refractivity contribution in [1.29, 1.82) is 5.41 Å². The summed E-state index contributed by atoms with van der Waals surface area (Å²) in [7, 11) is 3.12. The third kappa shape index (κ3) is 3.98. The molecule has 0 aliphatic carbocycles. The maximum atomic E-state index is 12.9. The number of ether oxygens (including phenoxy) is 2. The third-order valence-corrected chi connectivity index (χ3v) is 7.08. The van der Waals surface area contributed by atoms with Gasteiger partial charge in [0.2, 0.25) is 5.17 Å². The number of hydrogen-bond acceptors (Lipinski definition) is 7. The van der Waals surface area contributed by atoms with E-state index in [0.29, 0.717) is 26.7 Å². The standard InChI is InChI=1S/C25H21ClN6O3S/c1-13-8-16(14(2)31(13)19-10-18(26)20(34-3)11-21(19)35-4)9-17-22(27)32-25(29-23(17)33)36-24(30-32)15-6-5-7-28-12-15/h5-12,27H,1-4H3/b17-9+,27-22?. The van der Waals surface area contributed by atoms with Crippen molar-refractivity contribution in [3.8, 4) is 17.2 Å². The number of amidine groups is 2. The van der Waals surface area contributed by atoms with Gasteiger partial charge in [-0.3, -0.25) is 15.2 Å². The quantitative estimate of drug-likeness (QED) is 0.483. The van der Waals surface area contributed by atoms with Crippen LogP contribution < -0.4 is 9.47 Å². The number of nitrogens with zero attached hydrogens (tertiary/aromatic N) is 5. The molecule has 3 aromatic rings. The molecule has 2 aliphatic heterocycles. The molecular weight excluding hydrogens is 500 g/mol. The van der Waals surface area contributed by atoms with Gasteiger partial charge in [0.1, 0.15) is 16.5 Å². The van der Waals surface area contributed by atoms with Gasteiger partial charge in [-0.2, -0.15) is 15.1 Å². The Kier molecular flexibility index (Phi) is 6.15. The molecule has 2 aliphatic rings. The lowest BCUT2D eigenvalue weighted by Crippen LogP contribution is -2.35. The molecule has 0 spiro atoms. The SMILES string of the molecule is COc1cc(OC)c(-n2c(C)cc(/C=C3\C(=N)N4N=C(c5cccnc5)SC4=NC3=O)c2C)cc1Cl. The zero-order valence-electron chi connectivity index (χ0n) is 19.9. The highest BCUT2D eigenvalue weighted by atomic mass is 35.5. The van der Waals surface area contributed by atoms with Crippen LogP contribution in [0, 0.1) is 19.3 Å². The molecule has 0 unspecified atom stereocenters. The predicted octanol–water partition coefficient (Wildman–Crippen LogP) is 4.83. The van der Waals surface area contributed by atoms with Gasteiger partial charge in [0.15, 0.2) is 5.84 Å². The number of pyridine rings is 1. The number of methoxy groups -OCH3 is 2. The van der Waals surface area contributed by atoms with Gasteiger partial charge >= 0.3 is 0 Å². The molecular formula is C25H21ClN6O3S. The predicted molar refractivity (Wildman–Crippen MR) is 142 cm³/mol. The molecule has 0 saturated heterocycles. The van der Waals surface area contributed by atoms with Gasteiger partial charge in [0, 0.05) is 35.4 Å². The van der Waals surface area contributed by atoms with Crippen LogP contribution in [0.15, 0.2) is 58.4 Å². The maximum absolute atomic E-state index is 12.9. The van der Waals surface area contributed by atoms with E-state index < -0.39 is 5.91 Å². The molecule has 1 aromatic carbocycles. The average Bonchev–Trinajstić information content (AvgIpc) is 3.42. The molecule has 182 valence electrons. The van der Waals surface area contributed by atoms with Gasteiger partial charge in [-0.05, 0) is 61.5 Å². The van der Waals surface area contributed by atoms with E-state index in [0.717, 1.165) is 28.2 Å². The summed E-state index contributed by atoms with van der Waals surface area (Å²) < 4.78 is 12.9. The van der Waals surface area contributed by atoms with Crippen molar-refractivity contribution >= 4 is 51.4 Å². The summed E-state index contributed by atoms with van der Waals surface area (Å²) in [6.45, 7) is 3.87. The number of aliphatic imine (C=N–C) groups is 1. The number of aryl methyl sites for hydroxylation is 1. The second kappa shape index (κ2) is 9.29. The van der Waals surface area contributed by atoms with Gasteiger partial charge in [0.05, 0.1) is 30.5 Å². The van der Waals surface area contributed by atoms with E-state index in [1.807, 2.05) is 30.5 Å². The number of benzene rings is 1. The Hall–Kier alpha value is -3.89. The van der Waals surface area contributed by atoms with Crippen molar-refractivity contribution in [2.45, 2.75) is 13.8 Å². The Labute approximate surface area is 216 Å². The molecule has 36 heavy (non-hydrogen) atoms. The summed E-state index contributed by atoms with van der Waals surface area (Å²) in [6.07, 6.45) is 5.03. The van der Waals surface area contributed by atoms with E-state index >= 15 is 0 Å². The number of amides is 1. The first-order valence-electron chi connectivity index (χ1n) is 10.8. The molecule has 1 N–H and O–H groups in total. The Morgan fingerprint density at radius 2 is 1.92 bits per heavy atom. The molecule has 1 amide bonds. The summed E-state index contributed by atoms with van der Waals surface area (Å²) >= 11 is 7.64. The first kappa shape index (κ1) is 23.8. The lowest BCUT2D eigenvalue weighted by atomic mass is 10.1. The van der Waals surface area contributed by atoms with Gasteiger partial charge < -0.3 is 14.0 Å². The van der Waals surface area contributed by atoms with E-state index in [2.05, 4.69) is 15.1 Å². The zero-order chi connectivity index (χ0) is 25.6. The fourth-order valence-corrected chi connectivity index (χ4v) is 5.19. The summed E-state index contributed by atoms with van der Waals surface area (Å²) in [5.74, 6) is 0.563. The molecule has 0 radical (unpaired) electrons. The van der Waals surface area contributed by atoms with Gasteiger partial charge in [-0.1, -0.05) is 11.6 Å². The lowest BCUT2D eigenvalue weighted by Gasteiger charge is -2.20. The first-order valence-corrected chi connectivity index (χ1v) is 12.0. The van der Waals surface area contributed by atoms with E-state index in [1.54, 1.807) is 50.9 Å². The highest BCUT2D eigenvalue weighted by Gasteiger charge is 2.36. The summed E-state index contributed by atoms with van der Waals surface area (Å²) in [4.78, 5) is 21.2. The highest BCUT2D eigenvalue weighted by Crippen LogP contribution is 2.37. The fraction of sp³-hybridized carbons (Fsp3) is 0.160. The third-order valence-electron chi connectivity index (χ3n) is 5.83. The number of carbonyl (C=O) groups excluding carboxylic acids is 1. The van der Waals surface area contributed by atoms with Crippen LogP contribution in [0.5, 0.6) is 11.5 Å². The van der Waals surface area contributed by atoms with Crippen LogP contribution in [0.2, 0.25) is 5.02 Å². The van der Waals surface area contributed by atoms with Crippen molar-refractivity contribution in [3.63, 3.8) is 0 Å². The monoisotopic (exact) mass is 520 g/mol. The Morgan fingerprint density at radius 1 is 1.14 bits per heavy atom. The number of fused-ring (bicyclic) bond motifs is 1. The smallest absolute Gasteiger partial charge is 0.283 e. The topological polar surface area (TPSA) is 105 Å². The lowest BCUT2D eigenvalue weighted by molar-refractivity contribution is -0.114. The van der Waals surface area contributed by atoms with E-state index in [1.165, 1.54) is 16.8 Å². The van der Waals surface area contributed by atoms with E-state index in [-0.39, 0.29) is 11.4 Å². The first-order chi connectivity index (χ1) is 17.3. The van der Waals surface area contributed by atoms with Gasteiger partial charge in [-0.15, -0.1) is 0 Å². The van der Waals surface area contributed by atoms with Crippen molar-refractivity contribution in [1.82, 2.24) is 14.6 Å². The van der Waals surface area contributed by atoms with Crippen LogP contribution in [0.3, 0.4) is 0 Å². The second-order valence-corrected chi connectivity index (χ2v) is 9.35. The minimum Gasteiger partial charge on any atom is -0.495 e. The summed E-state index contributed by atoms with van der Waals surface area (Å²) in [6, 6.07) is 9.11. The minimum atomic E-state index is -0.490. The number of hydrogen-bond donors (Lipinski definition) is 1. The molecule has 0 fully saturated rings. The van der Waals surface area contributed by atoms with Crippen LogP contribution in [0.4, 0.5) is 0 Å². The maximum Gasteiger partial charge on any atom is 0.283 e. The Bertz CT molecular complexity index is 1510. The van der Waals surface area contributed by atoms with Crippen molar-refractivity contribution in [3.05, 3.63) is 75.8 Å². The molecule has 0 atom stereocenters. The molecule has 0 saturated carbocycles. The largest absolute Gasteiger partial charge is 0.495 e. The number of thioether (sulfide) groups is 1. The van der Waals surface area contributed by atoms with Gasteiger partial charge in [0.25, 0.3) is 5.91 Å². The molecule has 9 nitrogen and oxygen atoms in total. The molecule has 11 heteroatoms. The van der Waals surface area contributed by atoms with Crippen molar-refractivity contribution in [2.75, 3.05) is 14.2 Å². The van der Waals surface area contributed by atoms with E-state index in [9.17, 15) is 4.79 Å². The number of halogens is 1. The van der Waals surface area contributed by atoms with Crippen LogP contribution in [-0.2, 0) is 4.79 Å². The summed E-state index contributed by atoms with van der Waals surface area (Å²) in [5.41, 5.74) is 4.17. The number of hydrazone groups is 1. The number of nitrogens with one attached hydrogen (secondary N) is 1.